The summed E-state index contributed by atoms with van der Waals surface area (Å²) in [6.07, 6.45) is 4.43. The van der Waals surface area contributed by atoms with Gasteiger partial charge in [-0.05, 0) is 49.1 Å². The van der Waals surface area contributed by atoms with Crippen molar-refractivity contribution in [3.05, 3.63) is 65.7 Å². The molecule has 1 N–H and O–H groups in total. The molecule has 2 aromatic rings. The fourth-order valence-corrected chi connectivity index (χ4v) is 2.08. The smallest absolute Gasteiger partial charge is 0.220 e. The van der Waals surface area contributed by atoms with Crippen molar-refractivity contribution in [3.63, 3.8) is 0 Å². The van der Waals surface area contributed by atoms with Crippen molar-refractivity contribution in [3.8, 4) is 0 Å². The molecule has 0 saturated heterocycles. The molecule has 0 spiro atoms. The lowest BCUT2D eigenvalue weighted by atomic mass is 10.1. The van der Waals surface area contributed by atoms with Gasteiger partial charge in [0.1, 0.15) is 5.82 Å². The Hall–Kier alpha value is -2.23. The quantitative estimate of drug-likeness (QED) is 0.795. The van der Waals surface area contributed by atoms with Gasteiger partial charge in [-0.2, -0.15) is 0 Å². The van der Waals surface area contributed by atoms with E-state index >= 15 is 0 Å². The highest BCUT2D eigenvalue weighted by atomic mass is 19.1. The Morgan fingerprint density at radius 3 is 2.81 bits per heavy atom. The lowest BCUT2D eigenvalue weighted by Crippen LogP contribution is -2.25. The first-order chi connectivity index (χ1) is 10.2. The topological polar surface area (TPSA) is 42.0 Å². The first kappa shape index (κ1) is 15.2. The van der Waals surface area contributed by atoms with Crippen LogP contribution in [0.1, 0.15) is 24.1 Å². The predicted molar refractivity (Wildman–Crippen MR) is 80.3 cm³/mol. The summed E-state index contributed by atoms with van der Waals surface area (Å²) < 4.78 is 13.0. The van der Waals surface area contributed by atoms with E-state index in [-0.39, 0.29) is 11.7 Å². The van der Waals surface area contributed by atoms with Crippen LogP contribution < -0.4 is 5.32 Å². The van der Waals surface area contributed by atoms with Crippen molar-refractivity contribution in [2.24, 2.45) is 0 Å². The molecule has 0 aliphatic heterocycles. The maximum atomic E-state index is 13.0. The number of pyridine rings is 1. The summed E-state index contributed by atoms with van der Waals surface area (Å²) in [7, 11) is 0. The van der Waals surface area contributed by atoms with E-state index in [0.717, 1.165) is 24.1 Å². The minimum absolute atomic E-state index is 0.000261. The summed E-state index contributed by atoms with van der Waals surface area (Å²) in [6.45, 7) is 0.637. The highest BCUT2D eigenvalue weighted by molar-refractivity contribution is 5.76. The molecule has 0 aliphatic carbocycles. The molecule has 110 valence electrons. The molecule has 1 amide bonds. The average molecular weight is 286 g/mol. The Morgan fingerprint density at radius 1 is 1.14 bits per heavy atom. The molecule has 1 aromatic carbocycles. The van der Waals surface area contributed by atoms with Crippen LogP contribution in [0.5, 0.6) is 0 Å². The first-order valence-electron chi connectivity index (χ1n) is 7.15. The molecule has 0 fully saturated rings. The second kappa shape index (κ2) is 8.15. The van der Waals surface area contributed by atoms with E-state index in [9.17, 15) is 9.18 Å². The normalized spacial score (nSPS) is 10.3. The Bertz CT molecular complexity index is 572. The van der Waals surface area contributed by atoms with Crippen LogP contribution in [-0.4, -0.2) is 17.4 Å². The minimum atomic E-state index is -0.261. The number of hydrogen-bond donors (Lipinski definition) is 1. The lowest BCUT2D eigenvalue weighted by Gasteiger charge is -2.05. The molecule has 0 bridgehead atoms. The largest absolute Gasteiger partial charge is 0.356 e. The van der Waals surface area contributed by atoms with Gasteiger partial charge in [-0.3, -0.25) is 9.78 Å². The van der Waals surface area contributed by atoms with Crippen LogP contribution in [0.2, 0.25) is 0 Å². The van der Waals surface area contributed by atoms with Gasteiger partial charge in [-0.15, -0.1) is 0 Å². The maximum absolute atomic E-state index is 13.0. The number of hydrogen-bond acceptors (Lipinski definition) is 2. The third kappa shape index (κ3) is 5.73. The number of rotatable bonds is 7. The monoisotopic (exact) mass is 286 g/mol. The van der Waals surface area contributed by atoms with E-state index in [2.05, 4.69) is 10.3 Å². The Labute approximate surface area is 124 Å². The minimum Gasteiger partial charge on any atom is -0.356 e. The van der Waals surface area contributed by atoms with Crippen molar-refractivity contribution in [1.29, 1.82) is 0 Å². The number of halogens is 1. The maximum Gasteiger partial charge on any atom is 0.220 e. The second-order valence-electron chi connectivity index (χ2n) is 4.90. The zero-order chi connectivity index (χ0) is 14.9. The van der Waals surface area contributed by atoms with Gasteiger partial charge in [0.25, 0.3) is 0 Å². The van der Waals surface area contributed by atoms with Crippen molar-refractivity contribution in [2.75, 3.05) is 6.54 Å². The highest BCUT2D eigenvalue weighted by Crippen LogP contribution is 2.06. The molecule has 2 rings (SSSR count). The summed E-state index contributed by atoms with van der Waals surface area (Å²) in [5, 5.41) is 2.88. The van der Waals surface area contributed by atoms with Crippen molar-refractivity contribution >= 4 is 5.91 Å². The number of nitrogens with zero attached hydrogens (tertiary/aromatic N) is 1. The zero-order valence-corrected chi connectivity index (χ0v) is 11.9. The van der Waals surface area contributed by atoms with E-state index in [0.29, 0.717) is 19.4 Å². The molecule has 1 aromatic heterocycles. The van der Waals surface area contributed by atoms with Crippen LogP contribution in [0.25, 0.3) is 0 Å². The number of benzene rings is 1. The molecule has 4 heteroatoms. The molecule has 0 atom stereocenters. The van der Waals surface area contributed by atoms with Gasteiger partial charge in [0.05, 0.1) is 0 Å². The first-order valence-corrected chi connectivity index (χ1v) is 7.15. The van der Waals surface area contributed by atoms with Crippen LogP contribution in [0.4, 0.5) is 4.39 Å². The number of aromatic nitrogens is 1. The molecule has 21 heavy (non-hydrogen) atoms. The molecule has 3 nitrogen and oxygen atoms in total. The van der Waals surface area contributed by atoms with E-state index < -0.39 is 0 Å². The summed E-state index contributed by atoms with van der Waals surface area (Å²) in [6, 6.07) is 12.2. The molecule has 0 unspecified atom stereocenters. The van der Waals surface area contributed by atoms with E-state index in [1.165, 1.54) is 12.1 Å². The van der Waals surface area contributed by atoms with E-state index in [4.69, 9.17) is 0 Å². The van der Waals surface area contributed by atoms with Crippen LogP contribution in [-0.2, 0) is 17.6 Å². The fourth-order valence-electron chi connectivity index (χ4n) is 2.08. The highest BCUT2D eigenvalue weighted by Gasteiger charge is 2.03. The van der Waals surface area contributed by atoms with Crippen LogP contribution >= 0.6 is 0 Å². The van der Waals surface area contributed by atoms with Crippen LogP contribution in [0, 0.1) is 5.82 Å². The van der Waals surface area contributed by atoms with Gasteiger partial charge in [-0.1, -0.05) is 18.2 Å². The molecular weight excluding hydrogens is 267 g/mol. The van der Waals surface area contributed by atoms with Gasteiger partial charge >= 0.3 is 0 Å². The predicted octanol–water partition coefficient (Wildman–Crippen LogP) is 2.90. The van der Waals surface area contributed by atoms with Crippen molar-refractivity contribution < 1.29 is 9.18 Å². The molecule has 0 radical (unpaired) electrons. The van der Waals surface area contributed by atoms with E-state index in [1.54, 1.807) is 12.3 Å². The van der Waals surface area contributed by atoms with E-state index in [1.807, 2.05) is 24.3 Å². The molecule has 0 saturated carbocycles. The van der Waals surface area contributed by atoms with Crippen LogP contribution in [0.3, 0.4) is 0 Å². The van der Waals surface area contributed by atoms with Gasteiger partial charge in [0.2, 0.25) is 5.91 Å². The summed E-state index contributed by atoms with van der Waals surface area (Å²) >= 11 is 0. The Morgan fingerprint density at radius 2 is 2.05 bits per heavy atom. The van der Waals surface area contributed by atoms with Gasteiger partial charge in [-0.25, -0.2) is 4.39 Å². The standard InChI is InChI=1S/C17H19FN2O/c18-15-6-3-5-14(13-15)9-10-17(21)20-12-4-8-16-7-1-2-11-19-16/h1-3,5-7,11,13H,4,8-10,12H2,(H,20,21). The summed E-state index contributed by atoms with van der Waals surface area (Å²) in [5.41, 5.74) is 1.88. The third-order valence-electron chi connectivity index (χ3n) is 3.19. The number of carbonyl (C=O) groups is 1. The Kier molecular flexibility index (Phi) is 5.88. The zero-order valence-electron chi connectivity index (χ0n) is 11.9. The number of amides is 1. The lowest BCUT2D eigenvalue weighted by molar-refractivity contribution is -0.121. The van der Waals surface area contributed by atoms with Crippen molar-refractivity contribution in [2.45, 2.75) is 25.7 Å². The summed E-state index contributed by atoms with van der Waals surface area (Å²) in [4.78, 5) is 15.9. The van der Waals surface area contributed by atoms with Crippen molar-refractivity contribution in [1.82, 2.24) is 10.3 Å². The number of nitrogens with one attached hydrogen (secondary N) is 1. The SMILES string of the molecule is O=C(CCc1cccc(F)c1)NCCCc1ccccn1. The van der Waals surface area contributed by atoms with Gasteiger partial charge < -0.3 is 5.32 Å². The second-order valence-corrected chi connectivity index (χ2v) is 4.90. The van der Waals surface area contributed by atoms with Crippen LogP contribution in [0.15, 0.2) is 48.7 Å². The third-order valence-corrected chi connectivity index (χ3v) is 3.19. The molecule has 1 heterocycles. The Balaban J connectivity index is 1.62. The molecule has 0 aliphatic rings. The number of aryl methyl sites for hydroxylation is 2. The number of carbonyl (C=O) groups excluding carboxylic acids is 1. The average Bonchev–Trinajstić information content (AvgIpc) is 2.51. The van der Waals surface area contributed by atoms with Gasteiger partial charge in [0.15, 0.2) is 0 Å². The fraction of sp³-hybridized carbons (Fsp3) is 0.294. The van der Waals surface area contributed by atoms with Gasteiger partial charge in [0, 0.05) is 24.9 Å². The summed E-state index contributed by atoms with van der Waals surface area (Å²) in [5.74, 6) is -0.261. The molecular formula is C17H19FN2O.